The molecule has 0 aliphatic carbocycles. The van der Waals surface area contributed by atoms with Gasteiger partial charge in [0.05, 0.1) is 13.7 Å². The van der Waals surface area contributed by atoms with E-state index in [1.807, 2.05) is 0 Å². The van der Waals surface area contributed by atoms with Crippen LogP contribution in [-0.2, 0) is 19.1 Å². The lowest BCUT2D eigenvalue weighted by molar-refractivity contribution is -0.153. The smallest absolute Gasteiger partial charge is 0.411 e. The summed E-state index contributed by atoms with van der Waals surface area (Å²) in [5, 5.41) is 0. The van der Waals surface area contributed by atoms with Gasteiger partial charge in [-0.15, -0.1) is 0 Å². The number of hydrogen-bond donors (Lipinski definition) is 0. The van der Waals surface area contributed by atoms with Crippen molar-refractivity contribution in [1.82, 2.24) is 4.90 Å². The molecule has 6 heteroatoms. The molecular formula is C13H21NO5. The zero-order chi connectivity index (χ0) is 14.8. The number of ether oxygens (including phenoxy) is 2. The van der Waals surface area contributed by atoms with Crippen molar-refractivity contribution in [3.8, 4) is 0 Å². The van der Waals surface area contributed by atoms with Gasteiger partial charge in [0, 0.05) is 6.42 Å². The van der Waals surface area contributed by atoms with Gasteiger partial charge in [-0.3, -0.25) is 9.69 Å². The molecule has 1 aliphatic rings. The van der Waals surface area contributed by atoms with Gasteiger partial charge in [-0.2, -0.15) is 0 Å². The predicted molar refractivity (Wildman–Crippen MR) is 67.6 cm³/mol. The molecule has 19 heavy (non-hydrogen) atoms. The molecule has 1 unspecified atom stereocenters. The van der Waals surface area contributed by atoms with Gasteiger partial charge in [0.2, 0.25) is 0 Å². The van der Waals surface area contributed by atoms with Crippen LogP contribution in [0.4, 0.5) is 4.79 Å². The van der Waals surface area contributed by atoms with Gasteiger partial charge >= 0.3 is 12.1 Å². The number of nitrogens with zero attached hydrogens (tertiary/aromatic N) is 1. The minimum absolute atomic E-state index is 0.0184. The van der Waals surface area contributed by atoms with Crippen molar-refractivity contribution in [3.63, 3.8) is 0 Å². The summed E-state index contributed by atoms with van der Waals surface area (Å²) in [7, 11) is 1.25. The summed E-state index contributed by atoms with van der Waals surface area (Å²) < 4.78 is 10.00. The fraction of sp³-hybridized carbons (Fsp3) is 0.769. The molecule has 1 amide bonds. The van der Waals surface area contributed by atoms with E-state index < -0.39 is 23.2 Å². The Labute approximate surface area is 113 Å². The first-order valence-corrected chi connectivity index (χ1v) is 6.27. The van der Waals surface area contributed by atoms with Crippen molar-refractivity contribution < 1.29 is 23.9 Å². The second-order valence-corrected chi connectivity index (χ2v) is 5.66. The van der Waals surface area contributed by atoms with Gasteiger partial charge in [0.1, 0.15) is 5.60 Å². The normalized spacial score (nSPS) is 23.4. The van der Waals surface area contributed by atoms with E-state index in [-0.39, 0.29) is 18.7 Å². The number of amides is 1. The van der Waals surface area contributed by atoms with Crippen molar-refractivity contribution in [1.29, 1.82) is 0 Å². The molecule has 0 N–H and O–H groups in total. The molecule has 1 rings (SSSR count). The van der Waals surface area contributed by atoms with E-state index in [0.29, 0.717) is 6.42 Å². The van der Waals surface area contributed by atoms with Gasteiger partial charge in [0.15, 0.2) is 11.3 Å². The van der Waals surface area contributed by atoms with Crippen LogP contribution in [0.25, 0.3) is 0 Å². The van der Waals surface area contributed by atoms with Crippen molar-refractivity contribution in [2.24, 2.45) is 0 Å². The molecule has 6 nitrogen and oxygen atoms in total. The molecule has 0 aromatic rings. The topological polar surface area (TPSA) is 72.9 Å². The van der Waals surface area contributed by atoms with E-state index in [1.54, 1.807) is 27.7 Å². The van der Waals surface area contributed by atoms with Crippen LogP contribution in [0.15, 0.2) is 0 Å². The molecule has 1 aliphatic heterocycles. The Morgan fingerprint density at radius 3 is 2.37 bits per heavy atom. The molecule has 0 saturated carbocycles. The number of hydrogen-bond acceptors (Lipinski definition) is 5. The third kappa shape index (κ3) is 3.05. The molecule has 1 heterocycles. The first kappa shape index (κ1) is 15.5. The van der Waals surface area contributed by atoms with Crippen LogP contribution in [0, 0.1) is 0 Å². The Morgan fingerprint density at radius 2 is 1.95 bits per heavy atom. The summed E-state index contributed by atoms with van der Waals surface area (Å²) >= 11 is 0. The van der Waals surface area contributed by atoms with Crippen molar-refractivity contribution >= 4 is 17.8 Å². The second-order valence-electron chi connectivity index (χ2n) is 5.66. The van der Waals surface area contributed by atoms with Crippen LogP contribution in [0.1, 0.15) is 40.5 Å². The van der Waals surface area contributed by atoms with Crippen molar-refractivity contribution in [2.75, 3.05) is 13.7 Å². The Bertz CT molecular complexity index is 398. The average Bonchev–Trinajstić information content (AvgIpc) is 2.64. The molecular weight excluding hydrogens is 250 g/mol. The van der Waals surface area contributed by atoms with E-state index in [0.717, 1.165) is 0 Å². The highest BCUT2D eigenvalue weighted by Gasteiger charge is 2.54. The molecule has 0 spiro atoms. The maximum absolute atomic E-state index is 12.1. The summed E-state index contributed by atoms with van der Waals surface area (Å²) in [6.45, 7) is 6.82. The predicted octanol–water partition coefficient (Wildman–Crippen LogP) is 1.52. The number of Topliss-reactive ketones (excluding diaryl/α,β-unsaturated/α-hetero) is 1. The Morgan fingerprint density at radius 1 is 1.37 bits per heavy atom. The lowest BCUT2D eigenvalue weighted by Gasteiger charge is -2.35. The molecule has 1 atom stereocenters. The first-order chi connectivity index (χ1) is 8.66. The third-order valence-electron chi connectivity index (χ3n) is 3.10. The number of esters is 1. The lowest BCUT2D eigenvalue weighted by Crippen LogP contribution is -2.54. The average molecular weight is 271 g/mol. The zero-order valence-electron chi connectivity index (χ0n) is 12.1. The number of carbonyl (C=O) groups is 3. The largest absolute Gasteiger partial charge is 0.467 e. The first-order valence-electron chi connectivity index (χ1n) is 6.27. The van der Waals surface area contributed by atoms with Gasteiger partial charge in [-0.25, -0.2) is 9.59 Å². The standard InChI is InChI=1S/C13H21NO5/c1-6-13(10(16)18-5)7-9(15)8-14(13)11(17)19-12(2,3)4/h6-8H2,1-5H3. The van der Waals surface area contributed by atoms with Crippen LogP contribution >= 0.6 is 0 Å². The van der Waals surface area contributed by atoms with Crippen molar-refractivity contribution in [2.45, 2.75) is 51.7 Å². The quantitative estimate of drug-likeness (QED) is 0.712. The van der Waals surface area contributed by atoms with E-state index >= 15 is 0 Å². The molecule has 0 bridgehead atoms. The zero-order valence-corrected chi connectivity index (χ0v) is 12.1. The monoisotopic (exact) mass is 271 g/mol. The van der Waals surface area contributed by atoms with E-state index in [1.165, 1.54) is 12.0 Å². The highest BCUT2D eigenvalue weighted by molar-refractivity contribution is 5.98. The molecule has 1 fully saturated rings. The molecule has 0 aromatic heterocycles. The van der Waals surface area contributed by atoms with Crippen LogP contribution in [-0.4, -0.2) is 47.5 Å². The molecule has 0 radical (unpaired) electrons. The molecule has 108 valence electrons. The summed E-state index contributed by atoms with van der Waals surface area (Å²) in [6.07, 6.45) is -0.370. The number of likely N-dealkylation sites (tertiary alicyclic amines) is 1. The van der Waals surface area contributed by atoms with Crippen LogP contribution in [0.3, 0.4) is 0 Å². The van der Waals surface area contributed by atoms with Crippen LogP contribution in [0.5, 0.6) is 0 Å². The highest BCUT2D eigenvalue weighted by Crippen LogP contribution is 2.33. The Kier molecular flexibility index (Phi) is 4.22. The summed E-state index contributed by atoms with van der Waals surface area (Å²) in [6, 6.07) is 0. The molecule has 1 saturated heterocycles. The van der Waals surface area contributed by atoms with Crippen LogP contribution in [0.2, 0.25) is 0 Å². The second kappa shape index (κ2) is 5.19. The lowest BCUT2D eigenvalue weighted by atomic mass is 9.93. The number of rotatable bonds is 2. The van der Waals surface area contributed by atoms with Gasteiger partial charge < -0.3 is 9.47 Å². The molecule has 0 aromatic carbocycles. The maximum atomic E-state index is 12.1. The summed E-state index contributed by atoms with van der Waals surface area (Å²) in [5.41, 5.74) is -1.91. The van der Waals surface area contributed by atoms with Gasteiger partial charge in [0.25, 0.3) is 0 Å². The Hall–Kier alpha value is -1.59. The number of ketones is 1. The summed E-state index contributed by atoms with van der Waals surface area (Å²) in [4.78, 5) is 37.0. The summed E-state index contributed by atoms with van der Waals surface area (Å²) in [5.74, 6) is -0.746. The van der Waals surface area contributed by atoms with Gasteiger partial charge in [-0.1, -0.05) is 6.92 Å². The fourth-order valence-electron chi connectivity index (χ4n) is 2.19. The third-order valence-corrected chi connectivity index (χ3v) is 3.10. The minimum atomic E-state index is -1.23. The van der Waals surface area contributed by atoms with Crippen molar-refractivity contribution in [3.05, 3.63) is 0 Å². The maximum Gasteiger partial charge on any atom is 0.411 e. The van der Waals surface area contributed by atoms with E-state index in [2.05, 4.69) is 0 Å². The minimum Gasteiger partial charge on any atom is -0.467 e. The highest BCUT2D eigenvalue weighted by atomic mass is 16.6. The van der Waals surface area contributed by atoms with E-state index in [4.69, 9.17) is 9.47 Å². The number of carbonyl (C=O) groups excluding carboxylic acids is 3. The van der Waals surface area contributed by atoms with Gasteiger partial charge in [-0.05, 0) is 27.2 Å². The Balaban J connectivity index is 3.05. The van der Waals surface area contributed by atoms with Crippen LogP contribution < -0.4 is 0 Å². The fourth-order valence-corrected chi connectivity index (χ4v) is 2.19. The van der Waals surface area contributed by atoms with E-state index in [9.17, 15) is 14.4 Å². The number of methoxy groups -OCH3 is 1. The SMILES string of the molecule is CCC1(C(=O)OC)CC(=O)CN1C(=O)OC(C)(C)C.